The van der Waals surface area contributed by atoms with Gasteiger partial charge in [-0.25, -0.2) is 9.59 Å². The minimum atomic E-state index is -1.23. The van der Waals surface area contributed by atoms with E-state index in [9.17, 15) is 19.8 Å². The molecule has 0 aromatic heterocycles. The first-order valence-electron chi connectivity index (χ1n) is 7.84. The predicted molar refractivity (Wildman–Crippen MR) is 93.8 cm³/mol. The Kier molecular flexibility index (Phi) is 5.42. The Bertz CT molecular complexity index is 784. The molecule has 1 heterocycles. The van der Waals surface area contributed by atoms with Crippen molar-refractivity contribution in [3.63, 3.8) is 0 Å². The number of aliphatic carboxylic acids is 2. The molecule has 1 aliphatic heterocycles. The van der Waals surface area contributed by atoms with Gasteiger partial charge in [0.25, 0.3) is 0 Å². The van der Waals surface area contributed by atoms with Crippen LogP contribution in [0.2, 0.25) is 5.02 Å². The molecule has 1 aromatic rings. The number of methoxy groups -OCH3 is 1. The third kappa shape index (κ3) is 3.22. The summed E-state index contributed by atoms with van der Waals surface area (Å²) in [5.41, 5.74) is -0.0313. The van der Waals surface area contributed by atoms with E-state index in [-0.39, 0.29) is 11.4 Å². The van der Waals surface area contributed by atoms with Gasteiger partial charge < -0.3 is 20.3 Å². The van der Waals surface area contributed by atoms with Crippen molar-refractivity contribution < 1.29 is 24.5 Å². The average Bonchev–Trinajstić information content (AvgIpc) is 2.59. The van der Waals surface area contributed by atoms with Crippen molar-refractivity contribution >= 4 is 23.5 Å². The molecule has 1 unspecified atom stereocenters. The van der Waals surface area contributed by atoms with Gasteiger partial charge in [0.05, 0.1) is 7.11 Å². The first-order chi connectivity index (χ1) is 11.8. The second-order valence-corrected chi connectivity index (χ2v) is 6.11. The number of carbonyl (C=O) groups is 2. The minimum Gasteiger partial charge on any atom is -0.496 e. The molecule has 1 atom stereocenters. The van der Waals surface area contributed by atoms with Crippen molar-refractivity contribution in [2.75, 3.05) is 7.11 Å². The number of hydrogen-bond donors (Lipinski definition) is 3. The van der Waals surface area contributed by atoms with E-state index in [1.165, 1.54) is 7.11 Å². The molecule has 3 N–H and O–H groups in total. The van der Waals surface area contributed by atoms with Crippen LogP contribution < -0.4 is 10.1 Å². The molecule has 25 heavy (non-hydrogen) atoms. The summed E-state index contributed by atoms with van der Waals surface area (Å²) >= 11 is 6.16. The third-order valence-corrected chi connectivity index (χ3v) is 4.72. The Labute approximate surface area is 150 Å². The molecule has 0 radical (unpaired) electrons. The second kappa shape index (κ2) is 7.19. The number of hydrogen-bond acceptors (Lipinski definition) is 4. The molecule has 7 heteroatoms. The van der Waals surface area contributed by atoms with Crippen LogP contribution in [0.4, 0.5) is 0 Å². The monoisotopic (exact) mass is 365 g/mol. The summed E-state index contributed by atoms with van der Waals surface area (Å²) in [7, 11) is 1.51. The van der Waals surface area contributed by atoms with Crippen molar-refractivity contribution in [3.8, 4) is 5.75 Å². The molecule has 0 saturated carbocycles. The molecule has 134 valence electrons. The molecule has 0 bridgehead atoms. The summed E-state index contributed by atoms with van der Waals surface area (Å²) in [6, 6.07) is 5.06. The summed E-state index contributed by atoms with van der Waals surface area (Å²) < 4.78 is 5.44. The first kappa shape index (κ1) is 18.9. The molecule has 1 aliphatic rings. The quantitative estimate of drug-likeness (QED) is 0.715. The topological polar surface area (TPSA) is 95.9 Å². The Morgan fingerprint density at radius 2 is 1.92 bits per heavy atom. The van der Waals surface area contributed by atoms with Gasteiger partial charge in [-0.05, 0) is 42.7 Å². The SMILES string of the molecule is CCC1=C(C(=O)O)NC(C(=O)O)=CC1(CC)c1cc(Cl)ccc1OC. The van der Waals surface area contributed by atoms with E-state index in [1.54, 1.807) is 24.3 Å². The zero-order valence-corrected chi connectivity index (χ0v) is 15.0. The maximum absolute atomic E-state index is 11.8. The van der Waals surface area contributed by atoms with Crippen LogP contribution in [0.15, 0.2) is 41.2 Å². The van der Waals surface area contributed by atoms with Crippen LogP contribution in [-0.2, 0) is 15.0 Å². The number of ether oxygens (including phenoxy) is 1. The summed E-state index contributed by atoms with van der Waals surface area (Å²) in [6.45, 7) is 3.71. The summed E-state index contributed by atoms with van der Waals surface area (Å²) in [5, 5.41) is 22.0. The highest BCUT2D eigenvalue weighted by atomic mass is 35.5. The van der Waals surface area contributed by atoms with E-state index < -0.39 is 17.4 Å². The van der Waals surface area contributed by atoms with E-state index >= 15 is 0 Å². The van der Waals surface area contributed by atoms with Crippen LogP contribution in [0.5, 0.6) is 5.75 Å². The number of rotatable bonds is 6. The van der Waals surface area contributed by atoms with Gasteiger partial charge in [-0.2, -0.15) is 0 Å². The van der Waals surface area contributed by atoms with Gasteiger partial charge in [0.15, 0.2) is 0 Å². The maximum Gasteiger partial charge on any atom is 0.352 e. The minimum absolute atomic E-state index is 0.119. The second-order valence-electron chi connectivity index (χ2n) is 5.67. The molecule has 0 fully saturated rings. The molecular formula is C18H20ClNO5. The van der Waals surface area contributed by atoms with Crippen molar-refractivity contribution in [2.24, 2.45) is 0 Å². The van der Waals surface area contributed by atoms with E-state index in [0.29, 0.717) is 34.8 Å². The van der Waals surface area contributed by atoms with E-state index in [2.05, 4.69) is 5.32 Å². The summed E-state index contributed by atoms with van der Waals surface area (Å²) in [6.07, 6.45) is 2.42. The van der Waals surface area contributed by atoms with Crippen molar-refractivity contribution in [2.45, 2.75) is 32.1 Å². The predicted octanol–water partition coefficient (Wildman–Crippen LogP) is 3.32. The highest BCUT2D eigenvalue weighted by Crippen LogP contribution is 2.47. The number of allylic oxidation sites excluding steroid dienone is 2. The van der Waals surface area contributed by atoms with Crippen LogP contribution >= 0.6 is 11.6 Å². The zero-order chi connectivity index (χ0) is 18.8. The van der Waals surface area contributed by atoms with Gasteiger partial charge in [-0.15, -0.1) is 0 Å². The maximum atomic E-state index is 11.8. The fourth-order valence-electron chi connectivity index (χ4n) is 3.37. The first-order valence-corrected chi connectivity index (χ1v) is 8.22. The number of carboxylic acid groups (broad SMARTS) is 2. The van der Waals surface area contributed by atoms with Gasteiger partial charge in [0.2, 0.25) is 0 Å². The standard InChI is InChI=1S/C18H20ClNO5/c1-4-11-15(17(23)24)20-13(16(21)22)9-18(11,5-2)12-8-10(19)6-7-14(12)25-3/h6-9,20H,4-5H2,1-3H3,(H,21,22)(H,23,24). The fraction of sp³-hybridized carbons (Fsp3) is 0.333. The average molecular weight is 366 g/mol. The van der Waals surface area contributed by atoms with Crippen molar-refractivity contribution in [1.29, 1.82) is 0 Å². The van der Waals surface area contributed by atoms with Crippen LogP contribution in [0.1, 0.15) is 32.3 Å². The Hall–Kier alpha value is -2.47. The van der Waals surface area contributed by atoms with E-state index in [0.717, 1.165) is 0 Å². The highest BCUT2D eigenvalue weighted by molar-refractivity contribution is 6.30. The Morgan fingerprint density at radius 1 is 1.24 bits per heavy atom. The molecule has 0 aliphatic carbocycles. The highest BCUT2D eigenvalue weighted by Gasteiger charge is 2.42. The lowest BCUT2D eigenvalue weighted by atomic mass is 9.68. The molecule has 0 saturated heterocycles. The summed E-state index contributed by atoms with van der Waals surface area (Å²) in [5.74, 6) is -1.92. The van der Waals surface area contributed by atoms with Gasteiger partial charge >= 0.3 is 11.9 Å². The number of halogens is 1. The Balaban J connectivity index is 2.89. The number of benzene rings is 1. The lowest BCUT2D eigenvalue weighted by Crippen LogP contribution is -2.39. The van der Waals surface area contributed by atoms with Crippen LogP contribution in [0, 0.1) is 0 Å². The smallest absolute Gasteiger partial charge is 0.352 e. The largest absolute Gasteiger partial charge is 0.496 e. The van der Waals surface area contributed by atoms with Crippen LogP contribution in [-0.4, -0.2) is 29.3 Å². The van der Waals surface area contributed by atoms with Gasteiger partial charge in [0, 0.05) is 16.0 Å². The Morgan fingerprint density at radius 3 is 2.40 bits per heavy atom. The summed E-state index contributed by atoms with van der Waals surface area (Å²) in [4.78, 5) is 23.3. The zero-order valence-electron chi connectivity index (χ0n) is 14.2. The lowest BCUT2D eigenvalue weighted by molar-refractivity contribution is -0.133. The molecule has 0 amide bonds. The fourth-order valence-corrected chi connectivity index (χ4v) is 3.54. The van der Waals surface area contributed by atoms with Gasteiger partial charge in [-0.1, -0.05) is 25.4 Å². The normalized spacial score (nSPS) is 19.9. The number of dihydropyridines is 1. The third-order valence-electron chi connectivity index (χ3n) is 4.49. The molecular weight excluding hydrogens is 346 g/mol. The molecule has 0 spiro atoms. The van der Waals surface area contributed by atoms with Crippen molar-refractivity contribution in [1.82, 2.24) is 5.32 Å². The number of carboxylic acids is 2. The van der Waals surface area contributed by atoms with Crippen LogP contribution in [0.3, 0.4) is 0 Å². The number of nitrogens with one attached hydrogen (secondary N) is 1. The van der Waals surface area contributed by atoms with Crippen LogP contribution in [0.25, 0.3) is 0 Å². The molecule has 6 nitrogen and oxygen atoms in total. The van der Waals surface area contributed by atoms with Gasteiger partial charge in [-0.3, -0.25) is 0 Å². The lowest BCUT2D eigenvalue weighted by Gasteiger charge is -2.38. The van der Waals surface area contributed by atoms with E-state index in [1.807, 2.05) is 13.8 Å². The van der Waals surface area contributed by atoms with E-state index in [4.69, 9.17) is 16.3 Å². The molecule has 2 rings (SSSR count). The van der Waals surface area contributed by atoms with Crippen molar-refractivity contribution in [3.05, 3.63) is 51.8 Å². The van der Waals surface area contributed by atoms with Gasteiger partial charge in [0.1, 0.15) is 17.1 Å². The molecule has 1 aromatic carbocycles.